The van der Waals surface area contributed by atoms with E-state index >= 15 is 0 Å². The Bertz CT molecular complexity index is 295. The van der Waals surface area contributed by atoms with E-state index in [1.807, 2.05) is 0 Å². The number of carboxylic acids is 1. The third kappa shape index (κ3) is 1.84. The van der Waals surface area contributed by atoms with E-state index in [1.165, 1.54) is 25.8 Å². The highest BCUT2D eigenvalue weighted by Crippen LogP contribution is 2.46. The van der Waals surface area contributed by atoms with Crippen molar-refractivity contribution >= 4 is 11.9 Å². The molecule has 0 radical (unpaired) electrons. The molecule has 1 aliphatic carbocycles. The molecule has 0 aromatic rings. The van der Waals surface area contributed by atoms with Gasteiger partial charge in [0.1, 0.15) is 5.54 Å². The Morgan fingerprint density at radius 2 is 1.93 bits per heavy atom. The maximum atomic E-state index is 12.0. The molecule has 1 fully saturated rings. The summed E-state index contributed by atoms with van der Waals surface area (Å²) in [6.07, 6.45) is 1.53. The van der Waals surface area contributed by atoms with Crippen LogP contribution < -0.4 is 5.73 Å². The van der Waals surface area contributed by atoms with Gasteiger partial charge in [0.25, 0.3) is 0 Å². The first-order chi connectivity index (χ1) is 6.78. The van der Waals surface area contributed by atoms with Crippen molar-refractivity contribution in [3.63, 3.8) is 0 Å². The van der Waals surface area contributed by atoms with Crippen LogP contribution in [0.5, 0.6) is 0 Å². The van der Waals surface area contributed by atoms with Gasteiger partial charge in [-0.2, -0.15) is 0 Å². The Morgan fingerprint density at radius 1 is 1.47 bits per heavy atom. The van der Waals surface area contributed by atoms with Crippen LogP contribution in [0.1, 0.15) is 26.7 Å². The van der Waals surface area contributed by atoms with Gasteiger partial charge in [-0.1, -0.05) is 0 Å². The van der Waals surface area contributed by atoms with Crippen molar-refractivity contribution in [3.8, 4) is 0 Å². The van der Waals surface area contributed by atoms with Crippen LogP contribution in [0.15, 0.2) is 0 Å². The van der Waals surface area contributed by atoms with Crippen LogP contribution >= 0.6 is 0 Å². The molecule has 5 heteroatoms. The number of amides is 1. The Balaban J connectivity index is 2.81. The fourth-order valence-corrected chi connectivity index (χ4v) is 1.41. The number of nitrogens with zero attached hydrogens (tertiary/aromatic N) is 1. The molecule has 5 nitrogen and oxygen atoms in total. The van der Waals surface area contributed by atoms with Gasteiger partial charge in [0.2, 0.25) is 5.91 Å². The maximum absolute atomic E-state index is 12.0. The first kappa shape index (κ1) is 12.0. The van der Waals surface area contributed by atoms with Crippen molar-refractivity contribution in [1.29, 1.82) is 0 Å². The average Bonchev–Trinajstić information content (AvgIpc) is 2.95. The van der Waals surface area contributed by atoms with Crippen molar-refractivity contribution in [2.75, 3.05) is 13.6 Å². The molecule has 0 bridgehead atoms. The van der Waals surface area contributed by atoms with E-state index in [0.717, 1.165) is 12.8 Å². The van der Waals surface area contributed by atoms with Crippen molar-refractivity contribution in [2.45, 2.75) is 32.2 Å². The summed E-state index contributed by atoms with van der Waals surface area (Å²) in [6, 6.07) is 0. The van der Waals surface area contributed by atoms with Crippen LogP contribution in [0.3, 0.4) is 0 Å². The Hall–Kier alpha value is -1.10. The number of likely N-dealkylation sites (N-methyl/N-ethyl adjacent to an activating group) is 1. The van der Waals surface area contributed by atoms with Crippen LogP contribution in [0.4, 0.5) is 0 Å². The summed E-state index contributed by atoms with van der Waals surface area (Å²) in [7, 11) is 1.52. The fourth-order valence-electron chi connectivity index (χ4n) is 1.41. The minimum Gasteiger partial charge on any atom is -0.480 e. The molecule has 1 amide bonds. The lowest BCUT2D eigenvalue weighted by Crippen LogP contribution is -2.54. The first-order valence-corrected chi connectivity index (χ1v) is 5.00. The number of carbonyl (C=O) groups excluding carboxylic acids is 1. The molecule has 1 saturated carbocycles. The molecule has 0 aromatic carbocycles. The lowest BCUT2D eigenvalue weighted by Gasteiger charge is -2.34. The summed E-state index contributed by atoms with van der Waals surface area (Å²) in [6.45, 7) is 3.32. The lowest BCUT2D eigenvalue weighted by atomic mass is 9.99. The highest BCUT2D eigenvalue weighted by atomic mass is 16.4. The minimum absolute atomic E-state index is 0.155. The van der Waals surface area contributed by atoms with Crippen LogP contribution in [0, 0.1) is 5.41 Å². The number of aliphatic carboxylic acids is 1. The zero-order valence-corrected chi connectivity index (χ0v) is 9.41. The maximum Gasteiger partial charge on any atom is 0.329 e. The predicted molar refractivity (Wildman–Crippen MR) is 55.2 cm³/mol. The largest absolute Gasteiger partial charge is 0.480 e. The molecule has 1 rings (SSSR count). The summed E-state index contributed by atoms with van der Waals surface area (Å²) in [5.41, 5.74) is 3.87. The van der Waals surface area contributed by atoms with Crippen molar-refractivity contribution in [2.24, 2.45) is 11.1 Å². The molecule has 0 spiro atoms. The zero-order chi connectivity index (χ0) is 11.9. The number of hydrogen-bond acceptors (Lipinski definition) is 3. The second kappa shape index (κ2) is 3.48. The van der Waals surface area contributed by atoms with E-state index in [-0.39, 0.29) is 5.91 Å². The third-order valence-corrected chi connectivity index (χ3v) is 3.36. The van der Waals surface area contributed by atoms with Gasteiger partial charge in [-0.05, 0) is 26.7 Å². The van der Waals surface area contributed by atoms with Crippen molar-refractivity contribution in [1.82, 2.24) is 4.90 Å². The van der Waals surface area contributed by atoms with Crippen LogP contribution in [-0.4, -0.2) is 41.0 Å². The molecule has 1 aliphatic rings. The van der Waals surface area contributed by atoms with E-state index in [2.05, 4.69) is 0 Å². The van der Waals surface area contributed by atoms with E-state index in [0.29, 0.717) is 6.54 Å². The molecule has 0 aromatic heterocycles. The van der Waals surface area contributed by atoms with Gasteiger partial charge in [0, 0.05) is 13.6 Å². The number of nitrogens with two attached hydrogens (primary N) is 1. The van der Waals surface area contributed by atoms with Gasteiger partial charge >= 0.3 is 5.97 Å². The molecular formula is C10H18N2O3. The molecule has 0 aliphatic heterocycles. The van der Waals surface area contributed by atoms with Gasteiger partial charge in [-0.25, -0.2) is 4.79 Å². The quantitative estimate of drug-likeness (QED) is 0.692. The van der Waals surface area contributed by atoms with Crippen LogP contribution in [0.25, 0.3) is 0 Å². The number of rotatable bonds is 4. The topological polar surface area (TPSA) is 83.6 Å². The van der Waals surface area contributed by atoms with E-state index < -0.39 is 16.9 Å². The minimum atomic E-state index is -1.18. The smallest absolute Gasteiger partial charge is 0.329 e. The summed E-state index contributed by atoms with van der Waals surface area (Å²) < 4.78 is 0. The van der Waals surface area contributed by atoms with E-state index in [9.17, 15) is 9.59 Å². The summed E-state index contributed by atoms with van der Waals surface area (Å²) in [5, 5.41) is 8.99. The molecule has 0 heterocycles. The highest BCUT2D eigenvalue weighted by Gasteiger charge is 2.52. The SMILES string of the molecule is CN(C(=O)C1(CN)CC1)C(C)(C)C(=O)O. The molecular weight excluding hydrogens is 196 g/mol. The molecule has 0 saturated heterocycles. The first-order valence-electron chi connectivity index (χ1n) is 5.00. The van der Waals surface area contributed by atoms with Crippen molar-refractivity contribution in [3.05, 3.63) is 0 Å². The second-order valence-electron chi connectivity index (χ2n) is 4.71. The Kier molecular flexibility index (Phi) is 2.78. The standard InChI is InChI=1S/C10H18N2O3/c1-9(2,8(14)15)12(3)7(13)10(6-11)4-5-10/h4-6,11H2,1-3H3,(H,14,15). The Morgan fingerprint density at radius 3 is 2.20 bits per heavy atom. The van der Waals surface area contributed by atoms with Gasteiger partial charge < -0.3 is 15.7 Å². The third-order valence-electron chi connectivity index (χ3n) is 3.36. The second-order valence-corrected chi connectivity index (χ2v) is 4.71. The molecule has 86 valence electrons. The fraction of sp³-hybridized carbons (Fsp3) is 0.800. The number of hydrogen-bond donors (Lipinski definition) is 2. The average molecular weight is 214 g/mol. The Labute approximate surface area is 89.2 Å². The summed E-state index contributed by atoms with van der Waals surface area (Å²) in [5.74, 6) is -1.16. The molecule has 3 N–H and O–H groups in total. The number of carbonyl (C=O) groups is 2. The summed E-state index contributed by atoms with van der Waals surface area (Å²) >= 11 is 0. The van der Waals surface area contributed by atoms with Crippen LogP contribution in [-0.2, 0) is 9.59 Å². The van der Waals surface area contributed by atoms with Gasteiger partial charge in [0.05, 0.1) is 5.41 Å². The monoisotopic (exact) mass is 214 g/mol. The van der Waals surface area contributed by atoms with Gasteiger partial charge in [-0.3, -0.25) is 4.79 Å². The summed E-state index contributed by atoms with van der Waals surface area (Å²) in [4.78, 5) is 24.3. The van der Waals surface area contributed by atoms with E-state index in [1.54, 1.807) is 0 Å². The zero-order valence-electron chi connectivity index (χ0n) is 9.41. The molecule has 0 unspecified atom stereocenters. The van der Waals surface area contributed by atoms with Crippen molar-refractivity contribution < 1.29 is 14.7 Å². The highest BCUT2D eigenvalue weighted by molar-refractivity contribution is 5.91. The van der Waals surface area contributed by atoms with Crippen LogP contribution in [0.2, 0.25) is 0 Å². The normalized spacial score (nSPS) is 18.4. The van der Waals surface area contributed by atoms with E-state index in [4.69, 9.17) is 10.8 Å². The lowest BCUT2D eigenvalue weighted by molar-refractivity contribution is -0.157. The molecule has 0 atom stereocenters. The van der Waals surface area contributed by atoms with Gasteiger partial charge in [-0.15, -0.1) is 0 Å². The molecule has 15 heavy (non-hydrogen) atoms. The predicted octanol–water partition coefficient (Wildman–Crippen LogP) is 0.0469. The van der Waals surface area contributed by atoms with Gasteiger partial charge in [0.15, 0.2) is 0 Å². The number of carboxylic acid groups (broad SMARTS) is 1.